The van der Waals surface area contributed by atoms with E-state index in [0.29, 0.717) is 0 Å². The second kappa shape index (κ2) is 6.89. The van der Waals surface area contributed by atoms with Gasteiger partial charge in [-0.15, -0.1) is 0 Å². The Morgan fingerprint density at radius 3 is 2.38 bits per heavy atom. The van der Waals surface area contributed by atoms with Gasteiger partial charge in [0.2, 0.25) is 0 Å². The molecule has 0 aliphatic carbocycles. The molecule has 1 atom stereocenters. The average molecular weight is 187 g/mol. The van der Waals surface area contributed by atoms with Gasteiger partial charge in [0.15, 0.2) is 6.23 Å². The summed E-state index contributed by atoms with van der Waals surface area (Å²) >= 11 is 0. The lowest BCUT2D eigenvalue weighted by atomic mass is 10.2. The predicted molar refractivity (Wildman–Crippen MR) is 53.4 cm³/mol. The van der Waals surface area contributed by atoms with Crippen LogP contribution >= 0.6 is 0 Å². The summed E-state index contributed by atoms with van der Waals surface area (Å²) in [6, 6.07) is 0. The molecule has 13 heavy (non-hydrogen) atoms. The number of esters is 1. The summed E-state index contributed by atoms with van der Waals surface area (Å²) in [6.45, 7) is 3.62. The Labute approximate surface area is 81.1 Å². The molecule has 3 nitrogen and oxygen atoms in total. The quantitative estimate of drug-likeness (QED) is 0.362. The highest BCUT2D eigenvalue weighted by molar-refractivity contribution is 5.66. The molecule has 78 valence electrons. The summed E-state index contributed by atoms with van der Waals surface area (Å²) in [5.74, 6) is -0.199. The van der Waals surface area contributed by atoms with E-state index in [0.717, 1.165) is 12.8 Å². The van der Waals surface area contributed by atoms with Gasteiger partial charge in [0.1, 0.15) is 0 Å². The summed E-state index contributed by atoms with van der Waals surface area (Å²) < 4.78 is 5.15. The minimum atomic E-state index is -0.199. The molecular weight excluding hydrogens is 166 g/mol. The van der Waals surface area contributed by atoms with Gasteiger partial charge in [-0.25, -0.2) is 0 Å². The van der Waals surface area contributed by atoms with E-state index >= 15 is 0 Å². The second-order valence-electron chi connectivity index (χ2n) is 3.52. The van der Waals surface area contributed by atoms with E-state index in [4.69, 9.17) is 4.74 Å². The zero-order chi connectivity index (χ0) is 10.3. The molecule has 0 saturated carbocycles. The first kappa shape index (κ1) is 12.4. The van der Waals surface area contributed by atoms with Gasteiger partial charge in [0.05, 0.1) is 0 Å². The van der Waals surface area contributed by atoms with Gasteiger partial charge in [0, 0.05) is 6.92 Å². The van der Waals surface area contributed by atoms with E-state index in [2.05, 4.69) is 6.92 Å². The van der Waals surface area contributed by atoms with Crippen LogP contribution in [0.3, 0.4) is 0 Å². The molecule has 0 saturated heterocycles. The minimum Gasteiger partial charge on any atom is -0.447 e. The normalized spacial score (nSPS) is 13.0. The summed E-state index contributed by atoms with van der Waals surface area (Å²) in [4.78, 5) is 12.7. The van der Waals surface area contributed by atoms with Crippen molar-refractivity contribution in [1.82, 2.24) is 4.90 Å². The molecule has 0 radical (unpaired) electrons. The third kappa shape index (κ3) is 6.58. The van der Waals surface area contributed by atoms with Crippen molar-refractivity contribution in [3.8, 4) is 0 Å². The number of hydrogen-bond donors (Lipinski definition) is 0. The van der Waals surface area contributed by atoms with Crippen molar-refractivity contribution in [3.63, 3.8) is 0 Å². The van der Waals surface area contributed by atoms with E-state index in [-0.39, 0.29) is 12.2 Å². The van der Waals surface area contributed by atoms with E-state index in [1.165, 1.54) is 19.8 Å². The molecule has 1 unspecified atom stereocenters. The fraction of sp³-hybridized carbons (Fsp3) is 0.900. The fourth-order valence-electron chi connectivity index (χ4n) is 1.18. The van der Waals surface area contributed by atoms with Crippen molar-refractivity contribution in [2.75, 3.05) is 14.1 Å². The first-order valence-corrected chi connectivity index (χ1v) is 4.91. The van der Waals surface area contributed by atoms with Crippen LogP contribution in [0.2, 0.25) is 0 Å². The zero-order valence-electron chi connectivity index (χ0n) is 9.17. The molecule has 0 bridgehead atoms. The van der Waals surface area contributed by atoms with Crippen LogP contribution in [-0.4, -0.2) is 31.2 Å². The maximum Gasteiger partial charge on any atom is 0.304 e. The standard InChI is InChI=1S/C10H21NO2/c1-5-6-7-8-10(11(3)4)13-9(2)12/h10H,5-8H2,1-4H3. The van der Waals surface area contributed by atoms with Crippen molar-refractivity contribution in [1.29, 1.82) is 0 Å². The first-order valence-electron chi connectivity index (χ1n) is 4.91. The van der Waals surface area contributed by atoms with Gasteiger partial charge in [-0.3, -0.25) is 9.69 Å². The second-order valence-corrected chi connectivity index (χ2v) is 3.52. The molecule has 0 fully saturated rings. The van der Waals surface area contributed by atoms with Crippen molar-refractivity contribution >= 4 is 5.97 Å². The van der Waals surface area contributed by atoms with Crippen LogP contribution in [-0.2, 0) is 9.53 Å². The van der Waals surface area contributed by atoms with Crippen molar-refractivity contribution in [3.05, 3.63) is 0 Å². The first-order chi connectivity index (χ1) is 6.07. The van der Waals surface area contributed by atoms with E-state index in [1.54, 1.807) is 0 Å². The minimum absolute atomic E-state index is 0.0518. The van der Waals surface area contributed by atoms with Gasteiger partial charge in [-0.05, 0) is 26.9 Å². The number of ether oxygens (including phenoxy) is 1. The molecular formula is C10H21NO2. The predicted octanol–water partition coefficient (Wildman–Crippen LogP) is 2.02. The molecule has 3 heteroatoms. The summed E-state index contributed by atoms with van der Waals surface area (Å²) in [5.41, 5.74) is 0. The average Bonchev–Trinajstić information content (AvgIpc) is 2.02. The maximum atomic E-state index is 10.7. The largest absolute Gasteiger partial charge is 0.447 e. The molecule has 0 heterocycles. The van der Waals surface area contributed by atoms with Crippen molar-refractivity contribution < 1.29 is 9.53 Å². The van der Waals surface area contributed by atoms with Crippen LogP contribution in [0.4, 0.5) is 0 Å². The summed E-state index contributed by atoms with van der Waals surface area (Å²) in [5, 5.41) is 0. The van der Waals surface area contributed by atoms with Crippen molar-refractivity contribution in [2.45, 2.75) is 45.8 Å². The molecule has 0 rings (SSSR count). The topological polar surface area (TPSA) is 29.5 Å². The van der Waals surface area contributed by atoms with Crippen molar-refractivity contribution in [2.24, 2.45) is 0 Å². The van der Waals surface area contributed by atoms with E-state index in [9.17, 15) is 4.79 Å². The Morgan fingerprint density at radius 2 is 2.00 bits per heavy atom. The van der Waals surface area contributed by atoms with E-state index in [1.807, 2.05) is 19.0 Å². The number of hydrogen-bond acceptors (Lipinski definition) is 3. The zero-order valence-corrected chi connectivity index (χ0v) is 9.17. The molecule has 0 aliphatic heterocycles. The van der Waals surface area contributed by atoms with Gasteiger partial charge in [0.25, 0.3) is 0 Å². The van der Waals surface area contributed by atoms with Gasteiger partial charge >= 0.3 is 5.97 Å². The molecule has 0 N–H and O–H groups in total. The third-order valence-electron chi connectivity index (χ3n) is 1.93. The number of rotatable bonds is 6. The Kier molecular flexibility index (Phi) is 6.59. The maximum absolute atomic E-state index is 10.7. The number of carbonyl (C=O) groups is 1. The van der Waals surface area contributed by atoms with Crippen LogP contribution < -0.4 is 0 Å². The Hall–Kier alpha value is -0.570. The number of unbranched alkanes of at least 4 members (excludes halogenated alkanes) is 2. The van der Waals surface area contributed by atoms with Crippen LogP contribution in [0, 0.1) is 0 Å². The highest BCUT2D eigenvalue weighted by atomic mass is 16.6. The number of carbonyl (C=O) groups excluding carboxylic acids is 1. The molecule has 0 aliphatic rings. The summed E-state index contributed by atoms with van der Waals surface area (Å²) in [7, 11) is 3.86. The lowest BCUT2D eigenvalue weighted by Gasteiger charge is -2.23. The Balaban J connectivity index is 3.74. The highest BCUT2D eigenvalue weighted by Gasteiger charge is 2.13. The Bertz CT molecular complexity index is 146. The molecule has 0 aromatic carbocycles. The smallest absolute Gasteiger partial charge is 0.304 e. The molecule has 0 spiro atoms. The van der Waals surface area contributed by atoms with Gasteiger partial charge in [-0.2, -0.15) is 0 Å². The van der Waals surface area contributed by atoms with Gasteiger partial charge < -0.3 is 4.74 Å². The molecule has 0 amide bonds. The summed E-state index contributed by atoms with van der Waals surface area (Å²) in [6.07, 6.45) is 4.39. The Morgan fingerprint density at radius 1 is 1.38 bits per heavy atom. The molecule has 0 aromatic heterocycles. The third-order valence-corrected chi connectivity index (χ3v) is 1.93. The fourth-order valence-corrected chi connectivity index (χ4v) is 1.18. The molecule has 0 aromatic rings. The monoisotopic (exact) mass is 187 g/mol. The lowest BCUT2D eigenvalue weighted by molar-refractivity contribution is -0.154. The highest BCUT2D eigenvalue weighted by Crippen LogP contribution is 2.08. The van der Waals surface area contributed by atoms with Crippen LogP contribution in [0.5, 0.6) is 0 Å². The van der Waals surface area contributed by atoms with E-state index < -0.39 is 0 Å². The van der Waals surface area contributed by atoms with Gasteiger partial charge in [-0.1, -0.05) is 19.8 Å². The van der Waals surface area contributed by atoms with Crippen LogP contribution in [0.25, 0.3) is 0 Å². The van der Waals surface area contributed by atoms with Crippen LogP contribution in [0.1, 0.15) is 39.5 Å². The number of nitrogens with zero attached hydrogens (tertiary/aromatic N) is 1. The van der Waals surface area contributed by atoms with Crippen LogP contribution in [0.15, 0.2) is 0 Å². The lowest BCUT2D eigenvalue weighted by Crippen LogP contribution is -2.32. The SMILES string of the molecule is CCCCCC(OC(C)=O)N(C)C.